The Morgan fingerprint density at radius 3 is 2.29 bits per heavy atom. The summed E-state index contributed by atoms with van der Waals surface area (Å²) in [4.78, 5) is 0. The molecule has 0 aromatic rings. The lowest BCUT2D eigenvalue weighted by Gasteiger charge is -2.10. The van der Waals surface area contributed by atoms with Crippen LogP contribution >= 0.6 is 0 Å². The summed E-state index contributed by atoms with van der Waals surface area (Å²) < 4.78 is 0. The molecule has 0 nitrogen and oxygen atoms in total. The summed E-state index contributed by atoms with van der Waals surface area (Å²) in [6.07, 6.45) is 16.2. The largest absolute Gasteiger partial charge is 0.0654 e. The van der Waals surface area contributed by atoms with Crippen molar-refractivity contribution in [2.75, 3.05) is 0 Å². The molecule has 0 aromatic heterocycles. The minimum absolute atomic E-state index is 0.994. The van der Waals surface area contributed by atoms with Crippen LogP contribution in [0.25, 0.3) is 0 Å². The van der Waals surface area contributed by atoms with Crippen molar-refractivity contribution >= 4 is 0 Å². The minimum atomic E-state index is 0.994. The summed E-state index contributed by atoms with van der Waals surface area (Å²) in [6, 6.07) is 0. The fourth-order valence-corrected chi connectivity index (χ4v) is 3.23. The first-order chi connectivity index (χ1) is 8.27. The maximum Gasteiger partial charge on any atom is -0.0380 e. The second-order valence-corrected chi connectivity index (χ2v) is 6.44. The molecule has 0 aromatic carbocycles. The van der Waals surface area contributed by atoms with Gasteiger partial charge in [0.2, 0.25) is 0 Å². The predicted molar refractivity (Wildman–Crippen MR) is 78.3 cm³/mol. The van der Waals surface area contributed by atoms with Crippen LogP contribution in [0.2, 0.25) is 0 Å². The quantitative estimate of drug-likeness (QED) is 0.376. The third-order valence-electron chi connectivity index (χ3n) is 4.48. The summed E-state index contributed by atoms with van der Waals surface area (Å²) in [5.74, 6) is 3.23. The van der Waals surface area contributed by atoms with Gasteiger partial charge in [-0.1, -0.05) is 78.6 Å². The van der Waals surface area contributed by atoms with E-state index in [0.717, 1.165) is 17.8 Å². The fourth-order valence-electron chi connectivity index (χ4n) is 3.23. The SMILES string of the molecule is CCCCCCCCC(C)CC1CC1CCC. The van der Waals surface area contributed by atoms with Crippen LogP contribution in [0.5, 0.6) is 0 Å². The van der Waals surface area contributed by atoms with E-state index in [1.165, 1.54) is 64.2 Å². The van der Waals surface area contributed by atoms with Crippen LogP contribution in [-0.4, -0.2) is 0 Å². The van der Waals surface area contributed by atoms with Crippen molar-refractivity contribution < 1.29 is 0 Å². The summed E-state index contributed by atoms with van der Waals surface area (Å²) in [7, 11) is 0. The van der Waals surface area contributed by atoms with Crippen molar-refractivity contribution in [2.45, 2.75) is 91.4 Å². The molecule has 3 unspecified atom stereocenters. The molecule has 0 radical (unpaired) electrons. The average Bonchev–Trinajstić information content (AvgIpc) is 3.02. The van der Waals surface area contributed by atoms with Crippen molar-refractivity contribution in [3.05, 3.63) is 0 Å². The van der Waals surface area contributed by atoms with Gasteiger partial charge in [-0.15, -0.1) is 0 Å². The molecule has 0 aliphatic heterocycles. The maximum atomic E-state index is 2.48. The van der Waals surface area contributed by atoms with Crippen molar-refractivity contribution in [1.29, 1.82) is 0 Å². The molecule has 1 rings (SSSR count). The Morgan fingerprint density at radius 1 is 0.882 bits per heavy atom. The molecule has 3 atom stereocenters. The van der Waals surface area contributed by atoms with E-state index in [4.69, 9.17) is 0 Å². The molecule has 1 fully saturated rings. The van der Waals surface area contributed by atoms with Gasteiger partial charge in [0, 0.05) is 0 Å². The molecule has 0 bridgehead atoms. The van der Waals surface area contributed by atoms with Crippen LogP contribution in [0.1, 0.15) is 91.4 Å². The molecule has 0 spiro atoms. The van der Waals surface area contributed by atoms with E-state index in [0.29, 0.717) is 0 Å². The van der Waals surface area contributed by atoms with Gasteiger partial charge >= 0.3 is 0 Å². The maximum absolute atomic E-state index is 2.48. The van der Waals surface area contributed by atoms with Crippen LogP contribution in [0.4, 0.5) is 0 Å². The zero-order valence-corrected chi connectivity index (χ0v) is 12.5. The first-order valence-corrected chi connectivity index (χ1v) is 8.27. The van der Waals surface area contributed by atoms with Crippen LogP contribution in [-0.2, 0) is 0 Å². The standard InChI is InChI=1S/C17H34/c1-4-6-7-8-9-10-12-15(3)13-17-14-16(17)11-5-2/h15-17H,4-14H2,1-3H3. The normalized spacial score (nSPS) is 24.9. The third kappa shape index (κ3) is 7.11. The van der Waals surface area contributed by atoms with E-state index in [2.05, 4.69) is 20.8 Å². The Labute approximate surface area is 110 Å². The lowest BCUT2D eigenvalue weighted by molar-refractivity contribution is 0.419. The van der Waals surface area contributed by atoms with E-state index in [-0.39, 0.29) is 0 Å². The van der Waals surface area contributed by atoms with Crippen LogP contribution in [0, 0.1) is 17.8 Å². The van der Waals surface area contributed by atoms with Gasteiger partial charge in [0.15, 0.2) is 0 Å². The molecule has 0 N–H and O–H groups in total. The predicted octanol–water partition coefficient (Wildman–Crippen LogP) is 6.20. The lowest BCUT2D eigenvalue weighted by Crippen LogP contribution is -1.97. The Bertz CT molecular complexity index is 173. The molecule has 0 heteroatoms. The molecular weight excluding hydrogens is 204 g/mol. The van der Waals surface area contributed by atoms with E-state index in [1.807, 2.05) is 0 Å². The van der Waals surface area contributed by atoms with Crippen LogP contribution in [0.3, 0.4) is 0 Å². The lowest BCUT2D eigenvalue weighted by atomic mass is 9.96. The summed E-state index contributed by atoms with van der Waals surface area (Å²) >= 11 is 0. The van der Waals surface area contributed by atoms with Gasteiger partial charge in [-0.3, -0.25) is 0 Å². The monoisotopic (exact) mass is 238 g/mol. The second-order valence-electron chi connectivity index (χ2n) is 6.44. The Hall–Kier alpha value is 0. The molecule has 1 saturated carbocycles. The molecule has 0 saturated heterocycles. The van der Waals surface area contributed by atoms with Gasteiger partial charge in [-0.25, -0.2) is 0 Å². The van der Waals surface area contributed by atoms with E-state index in [1.54, 1.807) is 6.42 Å². The van der Waals surface area contributed by atoms with Gasteiger partial charge in [-0.2, -0.15) is 0 Å². The number of hydrogen-bond donors (Lipinski definition) is 0. The molecule has 102 valence electrons. The smallest absolute Gasteiger partial charge is 0.0380 e. The van der Waals surface area contributed by atoms with E-state index in [9.17, 15) is 0 Å². The highest BCUT2D eigenvalue weighted by Crippen LogP contribution is 2.46. The summed E-state index contributed by atoms with van der Waals surface area (Å²) in [5, 5.41) is 0. The zero-order chi connectivity index (χ0) is 12.5. The average molecular weight is 238 g/mol. The van der Waals surface area contributed by atoms with Crippen molar-refractivity contribution in [3.63, 3.8) is 0 Å². The van der Waals surface area contributed by atoms with Gasteiger partial charge in [-0.05, 0) is 30.6 Å². The summed E-state index contributed by atoms with van der Waals surface area (Å²) in [6.45, 7) is 7.10. The second kappa shape index (κ2) is 9.00. The minimum Gasteiger partial charge on any atom is -0.0654 e. The van der Waals surface area contributed by atoms with E-state index < -0.39 is 0 Å². The van der Waals surface area contributed by atoms with Crippen LogP contribution < -0.4 is 0 Å². The van der Waals surface area contributed by atoms with Crippen molar-refractivity contribution in [1.82, 2.24) is 0 Å². The molecule has 1 aliphatic carbocycles. The van der Waals surface area contributed by atoms with Gasteiger partial charge in [0.25, 0.3) is 0 Å². The molecule has 0 heterocycles. The van der Waals surface area contributed by atoms with E-state index >= 15 is 0 Å². The van der Waals surface area contributed by atoms with Gasteiger partial charge in [0.1, 0.15) is 0 Å². The highest BCUT2D eigenvalue weighted by Gasteiger charge is 2.36. The zero-order valence-electron chi connectivity index (χ0n) is 12.5. The molecular formula is C17H34. The number of hydrogen-bond acceptors (Lipinski definition) is 0. The topological polar surface area (TPSA) is 0 Å². The fraction of sp³-hybridized carbons (Fsp3) is 1.00. The van der Waals surface area contributed by atoms with Gasteiger partial charge < -0.3 is 0 Å². The summed E-state index contributed by atoms with van der Waals surface area (Å²) in [5.41, 5.74) is 0. The van der Waals surface area contributed by atoms with Gasteiger partial charge in [0.05, 0.1) is 0 Å². The van der Waals surface area contributed by atoms with Crippen molar-refractivity contribution in [2.24, 2.45) is 17.8 Å². The molecule has 0 amide bonds. The highest BCUT2D eigenvalue weighted by atomic mass is 14.4. The molecule has 1 aliphatic rings. The first kappa shape index (κ1) is 15.1. The third-order valence-corrected chi connectivity index (χ3v) is 4.48. The number of rotatable bonds is 11. The Morgan fingerprint density at radius 2 is 1.59 bits per heavy atom. The highest BCUT2D eigenvalue weighted by molar-refractivity contribution is 4.86. The Kier molecular flexibility index (Phi) is 7.97. The van der Waals surface area contributed by atoms with Crippen molar-refractivity contribution in [3.8, 4) is 0 Å². The first-order valence-electron chi connectivity index (χ1n) is 8.27. The number of unbranched alkanes of at least 4 members (excludes halogenated alkanes) is 5. The molecule has 17 heavy (non-hydrogen) atoms. The van der Waals surface area contributed by atoms with Crippen LogP contribution in [0.15, 0.2) is 0 Å². The Balaban J connectivity index is 1.87.